The first-order valence-corrected chi connectivity index (χ1v) is 5.40. The average Bonchev–Trinajstić information content (AvgIpc) is 2.67. The highest BCUT2D eigenvalue weighted by Crippen LogP contribution is 2.18. The van der Waals surface area contributed by atoms with Crippen LogP contribution in [0.1, 0.15) is 11.5 Å². The maximum absolute atomic E-state index is 9.04. The van der Waals surface area contributed by atoms with E-state index in [0.29, 0.717) is 12.2 Å². The Morgan fingerprint density at radius 3 is 2.82 bits per heavy atom. The largest absolute Gasteiger partial charge is 0.376 e. The van der Waals surface area contributed by atoms with E-state index in [2.05, 4.69) is 16.4 Å². The Bertz CT molecular complexity index is 576. The number of imidazole rings is 1. The van der Waals surface area contributed by atoms with E-state index in [1.807, 2.05) is 48.8 Å². The van der Waals surface area contributed by atoms with Crippen molar-refractivity contribution < 1.29 is 0 Å². The quantitative estimate of drug-likeness (QED) is 0.852. The fourth-order valence-electron chi connectivity index (χ4n) is 1.77. The molecule has 0 saturated heterocycles. The van der Waals surface area contributed by atoms with Crippen LogP contribution in [0.3, 0.4) is 0 Å². The summed E-state index contributed by atoms with van der Waals surface area (Å²) in [6.45, 7) is 0.639. The van der Waals surface area contributed by atoms with Crippen molar-refractivity contribution >= 4 is 11.2 Å². The molecule has 88 valence electrons. The number of rotatable bonds is 3. The van der Waals surface area contributed by atoms with Crippen LogP contribution in [0.15, 0.2) is 18.3 Å². The fraction of sp³-hybridized carbons (Fsp3) is 0.333. The number of fused-ring (bicyclic) bond motifs is 1. The summed E-state index contributed by atoms with van der Waals surface area (Å²) in [5.41, 5.74) is 2.40. The van der Waals surface area contributed by atoms with Gasteiger partial charge in [0.05, 0.1) is 17.7 Å². The van der Waals surface area contributed by atoms with Crippen LogP contribution < -0.4 is 10.2 Å². The molecule has 0 aliphatic carbocycles. The summed E-state index contributed by atoms with van der Waals surface area (Å²) in [6.07, 6.45) is 2.00. The summed E-state index contributed by atoms with van der Waals surface area (Å²) in [5.74, 6) is 0.850. The van der Waals surface area contributed by atoms with Crippen LogP contribution in [0, 0.1) is 11.3 Å². The topological polar surface area (TPSA) is 56.4 Å². The van der Waals surface area contributed by atoms with Crippen LogP contribution in [0.4, 0.5) is 5.69 Å². The summed E-state index contributed by atoms with van der Waals surface area (Å²) in [6, 6.07) is 6.04. The minimum atomic E-state index is 0.473. The molecule has 0 fully saturated rings. The summed E-state index contributed by atoms with van der Waals surface area (Å²) < 4.78 is 1.96. The number of hydrogen-bond donors (Lipinski definition) is 1. The van der Waals surface area contributed by atoms with Gasteiger partial charge in [-0.05, 0) is 19.2 Å². The van der Waals surface area contributed by atoms with E-state index in [9.17, 15) is 0 Å². The second kappa shape index (κ2) is 4.44. The zero-order valence-electron chi connectivity index (χ0n) is 10.2. The summed E-state index contributed by atoms with van der Waals surface area (Å²) >= 11 is 0. The molecule has 0 amide bonds. The Hall–Kier alpha value is -2.06. The van der Waals surface area contributed by atoms with Gasteiger partial charge < -0.3 is 10.2 Å². The zero-order valence-corrected chi connectivity index (χ0v) is 10.2. The summed E-state index contributed by atoms with van der Waals surface area (Å²) in [5, 5.41) is 12.1. The molecule has 2 rings (SSSR count). The van der Waals surface area contributed by atoms with Crippen molar-refractivity contribution in [1.29, 1.82) is 5.26 Å². The molecule has 5 heteroatoms. The van der Waals surface area contributed by atoms with E-state index in [1.165, 1.54) is 0 Å². The molecule has 2 aromatic heterocycles. The maximum atomic E-state index is 9.04. The number of aromatic nitrogens is 2. The molecular formula is C12H15N5. The fourth-order valence-corrected chi connectivity index (χ4v) is 1.77. The van der Waals surface area contributed by atoms with E-state index >= 15 is 0 Å². The first-order valence-electron chi connectivity index (χ1n) is 5.40. The second-order valence-corrected chi connectivity index (χ2v) is 4.06. The predicted octanol–water partition coefficient (Wildman–Crippen LogP) is 0.991. The number of nitrogens with one attached hydrogen (secondary N) is 1. The Labute approximate surface area is 100 Å². The van der Waals surface area contributed by atoms with E-state index in [-0.39, 0.29) is 0 Å². The van der Waals surface area contributed by atoms with Crippen LogP contribution in [0.5, 0.6) is 0 Å². The van der Waals surface area contributed by atoms with Gasteiger partial charge in [-0.25, -0.2) is 4.98 Å². The lowest BCUT2D eigenvalue weighted by Gasteiger charge is -2.13. The van der Waals surface area contributed by atoms with Crippen molar-refractivity contribution in [3.8, 4) is 6.07 Å². The molecule has 0 aliphatic heterocycles. The monoisotopic (exact) mass is 229 g/mol. The molecule has 0 saturated carbocycles. The Balaban J connectivity index is 2.65. The molecule has 0 aromatic carbocycles. The van der Waals surface area contributed by atoms with Crippen molar-refractivity contribution in [2.45, 2.75) is 6.54 Å². The average molecular weight is 229 g/mol. The SMILES string of the molecule is CNCc1nc(C#N)c2ccc(N(C)C)cn12. The standard InChI is InChI=1S/C12H15N5/c1-14-7-12-15-10(6-13)11-5-4-9(16(2)3)8-17(11)12/h4-5,8,14H,7H2,1-3H3. The van der Waals surface area contributed by atoms with E-state index in [0.717, 1.165) is 17.0 Å². The van der Waals surface area contributed by atoms with Gasteiger partial charge in [-0.3, -0.25) is 4.40 Å². The Kier molecular flexibility index (Phi) is 2.98. The van der Waals surface area contributed by atoms with Crippen LogP contribution in [-0.4, -0.2) is 30.5 Å². The predicted molar refractivity (Wildman–Crippen MR) is 67.0 cm³/mol. The Morgan fingerprint density at radius 2 is 2.24 bits per heavy atom. The first-order chi connectivity index (χ1) is 8.17. The minimum Gasteiger partial charge on any atom is -0.376 e. The van der Waals surface area contributed by atoms with Gasteiger partial charge in [-0.15, -0.1) is 0 Å². The van der Waals surface area contributed by atoms with Gasteiger partial charge in [0, 0.05) is 20.3 Å². The van der Waals surface area contributed by atoms with Crippen LogP contribution in [-0.2, 0) is 6.54 Å². The smallest absolute Gasteiger partial charge is 0.166 e. The van der Waals surface area contributed by atoms with Gasteiger partial charge in [0.15, 0.2) is 5.69 Å². The molecule has 2 aromatic rings. The number of pyridine rings is 1. The maximum Gasteiger partial charge on any atom is 0.166 e. The summed E-state index contributed by atoms with van der Waals surface area (Å²) in [7, 11) is 5.84. The van der Waals surface area contributed by atoms with Crippen molar-refractivity contribution in [3.63, 3.8) is 0 Å². The molecule has 0 radical (unpaired) electrons. The molecule has 5 nitrogen and oxygen atoms in total. The highest BCUT2D eigenvalue weighted by atomic mass is 15.1. The van der Waals surface area contributed by atoms with Crippen molar-refractivity contribution in [1.82, 2.24) is 14.7 Å². The Morgan fingerprint density at radius 1 is 1.47 bits per heavy atom. The second-order valence-electron chi connectivity index (χ2n) is 4.06. The van der Waals surface area contributed by atoms with Gasteiger partial charge in [-0.1, -0.05) is 0 Å². The molecule has 0 spiro atoms. The summed E-state index contributed by atoms with van der Waals surface area (Å²) in [4.78, 5) is 6.34. The molecule has 0 unspecified atom stereocenters. The third-order valence-electron chi connectivity index (χ3n) is 2.65. The molecular weight excluding hydrogens is 214 g/mol. The highest BCUT2D eigenvalue weighted by molar-refractivity contribution is 5.62. The molecule has 17 heavy (non-hydrogen) atoms. The molecule has 2 heterocycles. The number of anilines is 1. The molecule has 1 N–H and O–H groups in total. The minimum absolute atomic E-state index is 0.473. The van der Waals surface area contributed by atoms with Gasteiger partial charge >= 0.3 is 0 Å². The van der Waals surface area contributed by atoms with Crippen LogP contribution >= 0.6 is 0 Å². The normalized spacial score (nSPS) is 10.5. The van der Waals surface area contributed by atoms with Gasteiger partial charge in [0.1, 0.15) is 11.9 Å². The molecule has 0 bridgehead atoms. The van der Waals surface area contributed by atoms with Gasteiger partial charge in [0.25, 0.3) is 0 Å². The van der Waals surface area contributed by atoms with Crippen molar-refractivity contribution in [2.75, 3.05) is 26.0 Å². The van der Waals surface area contributed by atoms with E-state index < -0.39 is 0 Å². The van der Waals surface area contributed by atoms with Crippen LogP contribution in [0.25, 0.3) is 5.52 Å². The third kappa shape index (κ3) is 1.95. The van der Waals surface area contributed by atoms with Gasteiger partial charge in [-0.2, -0.15) is 5.26 Å². The number of nitriles is 1. The van der Waals surface area contributed by atoms with E-state index in [1.54, 1.807) is 0 Å². The third-order valence-corrected chi connectivity index (χ3v) is 2.65. The molecule has 0 aliphatic rings. The van der Waals surface area contributed by atoms with Gasteiger partial charge in [0.2, 0.25) is 0 Å². The zero-order chi connectivity index (χ0) is 12.4. The number of nitrogens with zero attached hydrogens (tertiary/aromatic N) is 4. The van der Waals surface area contributed by atoms with Crippen molar-refractivity contribution in [3.05, 3.63) is 29.8 Å². The number of hydrogen-bond acceptors (Lipinski definition) is 4. The lowest BCUT2D eigenvalue weighted by molar-refractivity contribution is 0.754. The van der Waals surface area contributed by atoms with Crippen molar-refractivity contribution in [2.24, 2.45) is 0 Å². The first kappa shape index (κ1) is 11.4. The van der Waals surface area contributed by atoms with E-state index in [4.69, 9.17) is 5.26 Å². The lowest BCUT2D eigenvalue weighted by atomic mass is 10.3. The lowest BCUT2D eigenvalue weighted by Crippen LogP contribution is -2.11. The molecule has 0 atom stereocenters. The highest BCUT2D eigenvalue weighted by Gasteiger charge is 2.10. The van der Waals surface area contributed by atoms with Crippen LogP contribution in [0.2, 0.25) is 0 Å².